The lowest BCUT2D eigenvalue weighted by molar-refractivity contribution is -0.123. The lowest BCUT2D eigenvalue weighted by atomic mass is 9.89. The molecule has 0 aromatic heterocycles. The van der Waals surface area contributed by atoms with E-state index in [0.29, 0.717) is 25.2 Å². The molecule has 1 atom stereocenters. The highest BCUT2D eigenvalue weighted by Gasteiger charge is 2.28. The third-order valence-corrected chi connectivity index (χ3v) is 2.76. The van der Waals surface area contributed by atoms with E-state index >= 15 is 0 Å². The topological polar surface area (TPSA) is 75.4 Å². The van der Waals surface area contributed by atoms with Gasteiger partial charge in [0.15, 0.2) is 0 Å². The average Bonchev–Trinajstić information content (AvgIpc) is 2.01. The van der Waals surface area contributed by atoms with E-state index < -0.39 is 0 Å². The van der Waals surface area contributed by atoms with E-state index in [4.69, 9.17) is 10.8 Å². The summed E-state index contributed by atoms with van der Waals surface area (Å²) in [5.41, 5.74) is 5.77. The van der Waals surface area contributed by atoms with Crippen LogP contribution < -0.4 is 11.1 Å². The maximum Gasteiger partial charge on any atom is 0.221 e. The highest BCUT2D eigenvalue weighted by Crippen LogP contribution is 2.19. The minimum Gasteiger partial charge on any atom is -0.393 e. The van der Waals surface area contributed by atoms with Crippen LogP contribution in [0.2, 0.25) is 0 Å². The van der Waals surface area contributed by atoms with Gasteiger partial charge in [0.05, 0.1) is 6.10 Å². The van der Waals surface area contributed by atoms with Crippen LogP contribution in [-0.4, -0.2) is 29.2 Å². The fraction of sp³-hybridized carbons (Fsp3) is 0.900. The molecule has 4 nitrogen and oxygen atoms in total. The van der Waals surface area contributed by atoms with Crippen molar-refractivity contribution in [2.75, 3.05) is 0 Å². The first-order chi connectivity index (χ1) is 6.49. The number of nitrogens with two attached hydrogens (primary N) is 1. The highest BCUT2D eigenvalue weighted by molar-refractivity contribution is 5.77. The van der Waals surface area contributed by atoms with Crippen molar-refractivity contribution >= 4 is 5.91 Å². The van der Waals surface area contributed by atoms with Crippen LogP contribution >= 0.6 is 0 Å². The van der Waals surface area contributed by atoms with Crippen molar-refractivity contribution in [3.8, 4) is 0 Å². The lowest BCUT2D eigenvalue weighted by Gasteiger charge is -2.32. The van der Waals surface area contributed by atoms with E-state index in [0.717, 1.165) is 0 Å². The number of carbonyl (C=O) groups is 1. The first-order valence-corrected chi connectivity index (χ1v) is 5.22. The molecular formula is C10H20N2O2. The van der Waals surface area contributed by atoms with Gasteiger partial charge in [-0.1, -0.05) is 13.8 Å². The van der Waals surface area contributed by atoms with Crippen LogP contribution in [0.3, 0.4) is 0 Å². The van der Waals surface area contributed by atoms with Gasteiger partial charge in [-0.15, -0.1) is 0 Å². The van der Waals surface area contributed by atoms with E-state index in [2.05, 4.69) is 5.32 Å². The highest BCUT2D eigenvalue weighted by atomic mass is 16.3. The number of aliphatic hydroxyl groups is 1. The zero-order chi connectivity index (χ0) is 10.7. The number of hydrogen-bond donors (Lipinski definition) is 3. The molecule has 1 fully saturated rings. The van der Waals surface area contributed by atoms with Gasteiger partial charge in [0.25, 0.3) is 0 Å². The Kier molecular flexibility index (Phi) is 3.89. The minimum absolute atomic E-state index is 0.00287. The van der Waals surface area contributed by atoms with Gasteiger partial charge in [-0.25, -0.2) is 0 Å². The van der Waals surface area contributed by atoms with Gasteiger partial charge < -0.3 is 16.2 Å². The Bertz CT molecular complexity index is 200. The van der Waals surface area contributed by atoms with Crippen LogP contribution in [0.25, 0.3) is 0 Å². The molecule has 82 valence electrons. The van der Waals surface area contributed by atoms with E-state index in [1.165, 1.54) is 0 Å². The van der Waals surface area contributed by atoms with E-state index in [9.17, 15) is 4.79 Å². The summed E-state index contributed by atoms with van der Waals surface area (Å²) in [6.45, 7) is 4.01. The van der Waals surface area contributed by atoms with Gasteiger partial charge >= 0.3 is 0 Å². The molecular weight excluding hydrogens is 180 g/mol. The predicted molar refractivity (Wildman–Crippen MR) is 54.6 cm³/mol. The van der Waals surface area contributed by atoms with Crippen LogP contribution in [0.1, 0.15) is 33.1 Å². The van der Waals surface area contributed by atoms with Gasteiger partial charge in [0.1, 0.15) is 0 Å². The summed E-state index contributed by atoms with van der Waals surface area (Å²) >= 11 is 0. The molecule has 0 aliphatic heterocycles. The molecule has 0 saturated heterocycles. The molecule has 0 aromatic rings. The van der Waals surface area contributed by atoms with Crippen LogP contribution in [0.5, 0.6) is 0 Å². The fourth-order valence-corrected chi connectivity index (χ4v) is 1.44. The van der Waals surface area contributed by atoms with Gasteiger partial charge in [0, 0.05) is 18.5 Å². The Labute approximate surface area is 84.9 Å². The molecule has 4 N–H and O–H groups in total. The number of carbonyl (C=O) groups excluding carboxylic acids is 1. The van der Waals surface area contributed by atoms with Crippen molar-refractivity contribution in [3.05, 3.63) is 0 Å². The lowest BCUT2D eigenvalue weighted by Crippen LogP contribution is -2.48. The summed E-state index contributed by atoms with van der Waals surface area (Å²) in [5.74, 6) is 0.329. The quantitative estimate of drug-likeness (QED) is 0.598. The molecule has 1 saturated carbocycles. The second kappa shape index (κ2) is 4.75. The van der Waals surface area contributed by atoms with E-state index in [1.807, 2.05) is 13.8 Å². The van der Waals surface area contributed by atoms with Crippen molar-refractivity contribution in [1.82, 2.24) is 5.32 Å². The number of nitrogens with one attached hydrogen (secondary N) is 1. The molecule has 14 heavy (non-hydrogen) atoms. The Morgan fingerprint density at radius 3 is 2.57 bits per heavy atom. The van der Waals surface area contributed by atoms with Crippen molar-refractivity contribution in [2.24, 2.45) is 11.7 Å². The third kappa shape index (κ3) is 3.27. The number of aliphatic hydroxyl groups excluding tert-OH is 1. The first-order valence-electron chi connectivity index (χ1n) is 5.22. The second-order valence-corrected chi connectivity index (χ2v) is 4.50. The SMILES string of the molecule is CC(C)C(N)CC(=O)NC1CC(O)C1. The summed E-state index contributed by atoms with van der Waals surface area (Å²) in [6.07, 6.45) is 1.52. The van der Waals surface area contributed by atoms with Crippen molar-refractivity contribution in [2.45, 2.75) is 51.3 Å². The van der Waals surface area contributed by atoms with E-state index in [1.54, 1.807) is 0 Å². The average molecular weight is 200 g/mol. The molecule has 0 bridgehead atoms. The molecule has 0 spiro atoms. The molecule has 1 amide bonds. The van der Waals surface area contributed by atoms with Crippen molar-refractivity contribution < 1.29 is 9.90 Å². The molecule has 1 unspecified atom stereocenters. The normalized spacial score (nSPS) is 28.4. The smallest absolute Gasteiger partial charge is 0.221 e. The summed E-state index contributed by atoms with van der Waals surface area (Å²) in [4.78, 5) is 11.4. The Morgan fingerprint density at radius 1 is 1.57 bits per heavy atom. The Morgan fingerprint density at radius 2 is 2.14 bits per heavy atom. The molecule has 0 heterocycles. The Hall–Kier alpha value is -0.610. The van der Waals surface area contributed by atoms with Gasteiger partial charge in [-0.3, -0.25) is 4.79 Å². The number of amides is 1. The van der Waals surface area contributed by atoms with Crippen LogP contribution in [0.4, 0.5) is 0 Å². The monoisotopic (exact) mass is 200 g/mol. The van der Waals surface area contributed by atoms with Gasteiger partial charge in [-0.2, -0.15) is 0 Å². The Balaban J connectivity index is 2.16. The second-order valence-electron chi connectivity index (χ2n) is 4.50. The van der Waals surface area contributed by atoms with Gasteiger partial charge in [-0.05, 0) is 18.8 Å². The minimum atomic E-state index is -0.223. The molecule has 4 heteroatoms. The zero-order valence-electron chi connectivity index (χ0n) is 8.86. The largest absolute Gasteiger partial charge is 0.393 e. The molecule has 1 aliphatic carbocycles. The maximum atomic E-state index is 11.4. The van der Waals surface area contributed by atoms with Crippen LogP contribution in [0.15, 0.2) is 0 Å². The standard InChI is InChI=1S/C10H20N2O2/c1-6(2)9(11)5-10(14)12-7-3-8(13)4-7/h6-9,13H,3-5,11H2,1-2H3,(H,12,14). The predicted octanol–water partition coefficient (Wildman–Crippen LogP) is -0.000700. The van der Waals surface area contributed by atoms with Gasteiger partial charge in [0.2, 0.25) is 5.91 Å². The van der Waals surface area contributed by atoms with Crippen molar-refractivity contribution in [3.63, 3.8) is 0 Å². The number of rotatable bonds is 4. The van der Waals surface area contributed by atoms with Crippen molar-refractivity contribution in [1.29, 1.82) is 0 Å². The zero-order valence-corrected chi connectivity index (χ0v) is 8.86. The summed E-state index contributed by atoms with van der Waals surface area (Å²) in [6, 6.07) is 0.0943. The summed E-state index contributed by atoms with van der Waals surface area (Å²) in [5, 5.41) is 11.9. The third-order valence-electron chi connectivity index (χ3n) is 2.76. The van der Waals surface area contributed by atoms with E-state index in [-0.39, 0.29) is 24.1 Å². The first kappa shape index (κ1) is 11.5. The molecule has 1 aliphatic rings. The summed E-state index contributed by atoms with van der Waals surface area (Å²) < 4.78 is 0. The molecule has 0 aromatic carbocycles. The molecule has 0 radical (unpaired) electrons. The van der Waals surface area contributed by atoms with Crippen LogP contribution in [0, 0.1) is 5.92 Å². The fourth-order valence-electron chi connectivity index (χ4n) is 1.44. The number of hydrogen-bond acceptors (Lipinski definition) is 3. The summed E-state index contributed by atoms with van der Waals surface area (Å²) in [7, 11) is 0. The maximum absolute atomic E-state index is 11.4. The van der Waals surface area contributed by atoms with Crippen LogP contribution in [-0.2, 0) is 4.79 Å². The molecule has 1 rings (SSSR count).